The summed E-state index contributed by atoms with van der Waals surface area (Å²) in [5, 5.41) is 9.10. The normalized spacial score (nSPS) is 22.8. The summed E-state index contributed by atoms with van der Waals surface area (Å²) in [5.41, 5.74) is 0.972. The lowest BCUT2D eigenvalue weighted by molar-refractivity contribution is 0.246. The van der Waals surface area contributed by atoms with E-state index in [-0.39, 0.29) is 12.6 Å². The molecular weight excluding hydrogens is 290 g/mol. The van der Waals surface area contributed by atoms with E-state index in [2.05, 4.69) is 0 Å². The first-order valence-electron chi connectivity index (χ1n) is 7.51. The van der Waals surface area contributed by atoms with Crippen LogP contribution in [0, 0.1) is 0 Å². The van der Waals surface area contributed by atoms with Crippen LogP contribution in [0.4, 0.5) is 0 Å². The molecule has 1 atom stereocenters. The van der Waals surface area contributed by atoms with E-state index in [9.17, 15) is 8.42 Å². The zero-order chi connectivity index (χ0) is 14.9. The van der Waals surface area contributed by atoms with Gasteiger partial charge in [-0.15, -0.1) is 0 Å². The van der Waals surface area contributed by atoms with Gasteiger partial charge in [-0.25, -0.2) is 8.42 Å². The van der Waals surface area contributed by atoms with Crippen LogP contribution in [-0.4, -0.2) is 43.6 Å². The lowest BCUT2D eigenvalue weighted by Crippen LogP contribution is -2.36. The number of fused-ring (bicyclic) bond motifs is 1. The predicted molar refractivity (Wildman–Crippen MR) is 78.9 cm³/mol. The molecular formula is C15H21NO4S. The molecule has 2 aliphatic heterocycles. The molecule has 116 valence electrons. The van der Waals surface area contributed by atoms with Gasteiger partial charge in [0.2, 0.25) is 10.0 Å². The Morgan fingerprint density at radius 2 is 2.19 bits per heavy atom. The Morgan fingerprint density at radius 3 is 3.00 bits per heavy atom. The number of ether oxygens (including phenoxy) is 1. The Kier molecular flexibility index (Phi) is 4.19. The average molecular weight is 311 g/mol. The van der Waals surface area contributed by atoms with Gasteiger partial charge in [0.25, 0.3) is 0 Å². The van der Waals surface area contributed by atoms with Crippen molar-refractivity contribution in [1.29, 1.82) is 0 Å². The van der Waals surface area contributed by atoms with Gasteiger partial charge in [-0.1, -0.05) is 0 Å². The van der Waals surface area contributed by atoms with E-state index in [0.717, 1.165) is 37.0 Å². The molecule has 6 heteroatoms. The van der Waals surface area contributed by atoms with E-state index < -0.39 is 10.0 Å². The average Bonchev–Trinajstić information content (AvgIpc) is 2.96. The number of benzene rings is 1. The van der Waals surface area contributed by atoms with Crippen LogP contribution in [0.15, 0.2) is 23.1 Å². The number of hydrogen-bond donors (Lipinski definition) is 1. The van der Waals surface area contributed by atoms with Crippen molar-refractivity contribution in [1.82, 2.24) is 4.31 Å². The van der Waals surface area contributed by atoms with Crippen LogP contribution >= 0.6 is 0 Å². The topological polar surface area (TPSA) is 66.8 Å². The molecule has 0 amide bonds. The highest BCUT2D eigenvalue weighted by atomic mass is 32.2. The maximum absolute atomic E-state index is 12.8. The summed E-state index contributed by atoms with van der Waals surface area (Å²) < 4.78 is 32.7. The first-order chi connectivity index (χ1) is 10.1. The molecule has 1 N–H and O–H groups in total. The Labute approximate surface area is 125 Å². The van der Waals surface area contributed by atoms with Crippen molar-refractivity contribution >= 4 is 10.0 Å². The van der Waals surface area contributed by atoms with Gasteiger partial charge in [0, 0.05) is 19.2 Å². The van der Waals surface area contributed by atoms with Crippen LogP contribution in [0.3, 0.4) is 0 Å². The molecule has 2 heterocycles. The van der Waals surface area contributed by atoms with Crippen molar-refractivity contribution in [2.75, 3.05) is 19.8 Å². The number of hydrogen-bond acceptors (Lipinski definition) is 4. The van der Waals surface area contributed by atoms with Crippen molar-refractivity contribution in [3.05, 3.63) is 23.8 Å². The van der Waals surface area contributed by atoms with Crippen LogP contribution in [0.25, 0.3) is 0 Å². The highest BCUT2D eigenvalue weighted by molar-refractivity contribution is 7.89. The van der Waals surface area contributed by atoms with E-state index in [1.54, 1.807) is 22.5 Å². The van der Waals surface area contributed by atoms with Crippen LogP contribution in [0.2, 0.25) is 0 Å². The maximum atomic E-state index is 12.8. The Morgan fingerprint density at radius 1 is 1.33 bits per heavy atom. The highest BCUT2D eigenvalue weighted by Crippen LogP contribution is 2.32. The van der Waals surface area contributed by atoms with Crippen LogP contribution in [0.5, 0.6) is 5.75 Å². The van der Waals surface area contributed by atoms with Crippen molar-refractivity contribution in [2.24, 2.45) is 0 Å². The maximum Gasteiger partial charge on any atom is 0.243 e. The molecule has 2 aliphatic rings. The Hall–Kier alpha value is -1.11. The van der Waals surface area contributed by atoms with Crippen LogP contribution < -0.4 is 4.74 Å². The number of aryl methyl sites for hydroxylation is 1. The number of nitrogens with zero attached hydrogens (tertiary/aromatic N) is 1. The zero-order valence-corrected chi connectivity index (χ0v) is 12.8. The smallest absolute Gasteiger partial charge is 0.243 e. The minimum absolute atomic E-state index is 0.0225. The van der Waals surface area contributed by atoms with Crippen LogP contribution in [-0.2, 0) is 16.4 Å². The number of sulfonamides is 1. The van der Waals surface area contributed by atoms with Gasteiger partial charge in [0.15, 0.2) is 0 Å². The first-order valence-corrected chi connectivity index (χ1v) is 8.95. The van der Waals surface area contributed by atoms with Gasteiger partial charge >= 0.3 is 0 Å². The lowest BCUT2D eigenvalue weighted by atomic mass is 10.1. The van der Waals surface area contributed by atoms with Gasteiger partial charge in [0.1, 0.15) is 5.75 Å². The third-order valence-electron chi connectivity index (χ3n) is 4.27. The molecule has 0 radical (unpaired) electrons. The summed E-state index contributed by atoms with van der Waals surface area (Å²) >= 11 is 0. The van der Waals surface area contributed by atoms with Gasteiger partial charge in [-0.05, 0) is 55.9 Å². The molecule has 0 bridgehead atoms. The molecule has 1 aromatic rings. The minimum Gasteiger partial charge on any atom is -0.493 e. The fourth-order valence-corrected chi connectivity index (χ4v) is 4.97. The summed E-state index contributed by atoms with van der Waals surface area (Å²) in [7, 11) is -3.48. The highest BCUT2D eigenvalue weighted by Gasteiger charge is 2.35. The predicted octanol–water partition coefficient (Wildman–Crippen LogP) is 1.55. The summed E-state index contributed by atoms with van der Waals surface area (Å²) in [6.07, 6.45) is 3.98. The number of aliphatic hydroxyl groups is 1. The number of aliphatic hydroxyl groups excluding tert-OH is 1. The molecule has 21 heavy (non-hydrogen) atoms. The molecule has 0 aromatic heterocycles. The molecule has 0 saturated carbocycles. The van der Waals surface area contributed by atoms with E-state index >= 15 is 0 Å². The fourth-order valence-electron chi connectivity index (χ4n) is 3.20. The van der Waals surface area contributed by atoms with E-state index in [0.29, 0.717) is 24.5 Å². The summed E-state index contributed by atoms with van der Waals surface area (Å²) in [6.45, 7) is 1.26. The Bertz CT molecular complexity index is 614. The quantitative estimate of drug-likeness (QED) is 0.916. The Balaban J connectivity index is 1.91. The zero-order valence-electron chi connectivity index (χ0n) is 12.0. The van der Waals surface area contributed by atoms with Crippen molar-refractivity contribution in [2.45, 2.75) is 43.0 Å². The lowest BCUT2D eigenvalue weighted by Gasteiger charge is -2.24. The molecule has 1 saturated heterocycles. The van der Waals surface area contributed by atoms with Crippen LogP contribution in [0.1, 0.15) is 31.2 Å². The molecule has 1 unspecified atom stereocenters. The molecule has 3 rings (SSSR count). The molecule has 5 nitrogen and oxygen atoms in total. The molecule has 1 fully saturated rings. The van der Waals surface area contributed by atoms with Gasteiger partial charge in [-0.2, -0.15) is 4.31 Å². The SMILES string of the molecule is O=S(=O)(c1ccc2c(c1)CCCO2)N1CCCC1CCO. The van der Waals surface area contributed by atoms with Crippen molar-refractivity contribution in [3.8, 4) is 5.75 Å². The fraction of sp³-hybridized carbons (Fsp3) is 0.600. The third-order valence-corrected chi connectivity index (χ3v) is 6.22. The van der Waals surface area contributed by atoms with Gasteiger partial charge in [0.05, 0.1) is 11.5 Å². The summed E-state index contributed by atoms with van der Waals surface area (Å²) in [4.78, 5) is 0.344. The van der Waals surface area contributed by atoms with Crippen molar-refractivity contribution in [3.63, 3.8) is 0 Å². The monoisotopic (exact) mass is 311 g/mol. The molecule has 1 aromatic carbocycles. The molecule has 0 aliphatic carbocycles. The van der Waals surface area contributed by atoms with Gasteiger partial charge in [-0.3, -0.25) is 0 Å². The van der Waals surface area contributed by atoms with Crippen molar-refractivity contribution < 1.29 is 18.3 Å². The second-order valence-electron chi connectivity index (χ2n) is 5.65. The summed E-state index contributed by atoms with van der Waals surface area (Å²) in [5.74, 6) is 0.800. The standard InChI is InChI=1S/C15H21NO4S/c17-9-7-13-4-1-8-16(13)21(18,19)14-5-6-15-12(11-14)3-2-10-20-15/h5-6,11,13,17H,1-4,7-10H2. The third kappa shape index (κ3) is 2.80. The van der Waals surface area contributed by atoms with E-state index in [1.807, 2.05) is 0 Å². The van der Waals surface area contributed by atoms with E-state index in [1.165, 1.54) is 0 Å². The summed E-state index contributed by atoms with van der Waals surface area (Å²) in [6, 6.07) is 5.07. The minimum atomic E-state index is -3.48. The van der Waals surface area contributed by atoms with E-state index in [4.69, 9.17) is 9.84 Å². The second-order valence-corrected chi connectivity index (χ2v) is 7.54. The van der Waals surface area contributed by atoms with Gasteiger partial charge < -0.3 is 9.84 Å². The second kappa shape index (κ2) is 5.94. The largest absolute Gasteiger partial charge is 0.493 e. The number of rotatable bonds is 4. The first kappa shape index (κ1) is 14.8. The molecule has 0 spiro atoms.